The number of amides is 2. The van der Waals surface area contributed by atoms with E-state index >= 15 is 0 Å². The lowest BCUT2D eigenvalue weighted by Gasteiger charge is -2.32. The van der Waals surface area contributed by atoms with Crippen LogP contribution in [0.3, 0.4) is 0 Å². The van der Waals surface area contributed by atoms with Gasteiger partial charge in [0.2, 0.25) is 21.8 Å². The average molecular weight is 524 g/mol. The Bertz CT molecular complexity index is 1030. The van der Waals surface area contributed by atoms with Crippen molar-refractivity contribution in [3.8, 4) is 0 Å². The van der Waals surface area contributed by atoms with Crippen LogP contribution in [0.15, 0.2) is 59.1 Å². The number of rotatable bonds is 10. The van der Waals surface area contributed by atoms with Crippen LogP contribution in [0, 0.1) is 0 Å². The van der Waals surface area contributed by atoms with Gasteiger partial charge in [-0.3, -0.25) is 13.9 Å². The van der Waals surface area contributed by atoms with Crippen LogP contribution in [-0.4, -0.2) is 50.0 Å². The molecule has 2 amide bonds. The minimum atomic E-state index is -3.72. The minimum Gasteiger partial charge on any atom is -0.352 e. The van der Waals surface area contributed by atoms with Gasteiger partial charge < -0.3 is 10.2 Å². The predicted molar refractivity (Wildman–Crippen MR) is 131 cm³/mol. The zero-order chi connectivity index (χ0) is 23.9. The summed E-state index contributed by atoms with van der Waals surface area (Å²) in [5.41, 5.74) is 1.21. The van der Waals surface area contributed by atoms with E-state index in [4.69, 9.17) is 0 Å². The first-order valence-electron chi connectivity index (χ1n) is 10.4. The largest absolute Gasteiger partial charge is 0.352 e. The van der Waals surface area contributed by atoms with Gasteiger partial charge in [-0.05, 0) is 50.1 Å². The molecule has 0 heterocycles. The van der Waals surface area contributed by atoms with Crippen LogP contribution in [0.2, 0.25) is 0 Å². The van der Waals surface area contributed by atoms with Crippen LogP contribution >= 0.6 is 15.9 Å². The Hall–Kier alpha value is -2.39. The van der Waals surface area contributed by atoms with E-state index in [-0.39, 0.29) is 18.5 Å². The summed E-state index contributed by atoms with van der Waals surface area (Å²) in [5.74, 6) is -0.751. The number of benzene rings is 2. The smallest absolute Gasteiger partial charge is 0.244 e. The molecule has 0 aliphatic carbocycles. The molecule has 0 fully saturated rings. The molecule has 9 heteroatoms. The van der Waals surface area contributed by atoms with Gasteiger partial charge in [0.25, 0.3) is 0 Å². The second kappa shape index (κ2) is 11.5. The number of carbonyl (C=O) groups is 2. The van der Waals surface area contributed by atoms with E-state index in [9.17, 15) is 18.0 Å². The Balaban J connectivity index is 2.36. The molecule has 0 bridgehead atoms. The third-order valence-corrected chi connectivity index (χ3v) is 6.77. The second-order valence-electron chi connectivity index (χ2n) is 7.75. The number of para-hydroxylation sites is 1. The highest BCUT2D eigenvalue weighted by Crippen LogP contribution is 2.19. The van der Waals surface area contributed by atoms with Crippen molar-refractivity contribution >= 4 is 43.5 Å². The summed E-state index contributed by atoms with van der Waals surface area (Å²) < 4.78 is 26.8. The van der Waals surface area contributed by atoms with Gasteiger partial charge in [0.1, 0.15) is 12.6 Å². The molecule has 2 aromatic rings. The summed E-state index contributed by atoms with van der Waals surface area (Å²) in [6.45, 7) is 5.27. The third-order valence-electron chi connectivity index (χ3n) is 5.13. The molecule has 0 saturated carbocycles. The van der Waals surface area contributed by atoms with Crippen molar-refractivity contribution in [2.75, 3.05) is 17.1 Å². The highest BCUT2D eigenvalue weighted by molar-refractivity contribution is 9.10. The summed E-state index contributed by atoms with van der Waals surface area (Å²) >= 11 is 3.42. The Morgan fingerprint density at radius 3 is 2.28 bits per heavy atom. The number of hydrogen-bond acceptors (Lipinski definition) is 4. The number of nitrogens with one attached hydrogen (secondary N) is 1. The molecule has 7 nitrogen and oxygen atoms in total. The predicted octanol–water partition coefficient (Wildman–Crippen LogP) is 3.55. The molecule has 0 unspecified atom stereocenters. The second-order valence-corrected chi connectivity index (χ2v) is 10.6. The first kappa shape index (κ1) is 25.9. The molecule has 0 spiro atoms. The van der Waals surface area contributed by atoms with E-state index in [2.05, 4.69) is 21.2 Å². The van der Waals surface area contributed by atoms with Crippen molar-refractivity contribution < 1.29 is 18.0 Å². The minimum absolute atomic E-state index is 0.0374. The SMILES string of the molecule is CC[C@H](C)NC(=O)[C@@H](C)N(Cc1cccc(Br)c1)C(=O)CN(c1ccccc1)S(C)(=O)=O. The highest BCUT2D eigenvalue weighted by atomic mass is 79.9. The van der Waals surface area contributed by atoms with Crippen molar-refractivity contribution in [3.05, 3.63) is 64.6 Å². The van der Waals surface area contributed by atoms with E-state index in [0.717, 1.165) is 27.0 Å². The fourth-order valence-electron chi connectivity index (χ4n) is 3.09. The first-order chi connectivity index (χ1) is 15.0. The number of nitrogens with zero attached hydrogens (tertiary/aromatic N) is 2. The molecule has 1 N–H and O–H groups in total. The standard InChI is InChI=1S/C23H30BrN3O4S/c1-5-17(2)25-23(29)18(3)26(15-19-10-9-11-20(24)14-19)22(28)16-27(32(4,30)31)21-12-7-6-8-13-21/h6-14,17-18H,5,15-16H2,1-4H3,(H,25,29)/t17-,18+/m0/s1. The van der Waals surface area contributed by atoms with Crippen molar-refractivity contribution in [1.82, 2.24) is 10.2 Å². The molecule has 0 radical (unpaired) electrons. The molecular formula is C23H30BrN3O4S. The van der Waals surface area contributed by atoms with Gasteiger partial charge in [0.15, 0.2) is 0 Å². The van der Waals surface area contributed by atoms with Gasteiger partial charge in [-0.2, -0.15) is 0 Å². The number of anilines is 1. The Kier molecular flexibility index (Phi) is 9.27. The van der Waals surface area contributed by atoms with Gasteiger partial charge >= 0.3 is 0 Å². The number of carbonyl (C=O) groups excluding carboxylic acids is 2. The van der Waals surface area contributed by atoms with Crippen LogP contribution in [0.25, 0.3) is 0 Å². The van der Waals surface area contributed by atoms with E-state index in [1.807, 2.05) is 38.1 Å². The van der Waals surface area contributed by atoms with E-state index in [1.165, 1.54) is 4.90 Å². The fraction of sp³-hybridized carbons (Fsp3) is 0.391. The van der Waals surface area contributed by atoms with Crippen molar-refractivity contribution in [1.29, 1.82) is 0 Å². The van der Waals surface area contributed by atoms with Crippen LogP contribution in [0.1, 0.15) is 32.8 Å². The molecule has 174 valence electrons. The number of hydrogen-bond donors (Lipinski definition) is 1. The van der Waals surface area contributed by atoms with Crippen molar-refractivity contribution in [3.63, 3.8) is 0 Å². The summed E-state index contributed by atoms with van der Waals surface area (Å²) in [5, 5.41) is 2.90. The molecule has 2 aromatic carbocycles. The van der Waals surface area contributed by atoms with E-state index in [0.29, 0.717) is 5.69 Å². The molecule has 0 aromatic heterocycles. The lowest BCUT2D eigenvalue weighted by atomic mass is 10.1. The quantitative estimate of drug-likeness (QED) is 0.515. The maximum atomic E-state index is 13.4. The van der Waals surface area contributed by atoms with Gasteiger partial charge in [-0.15, -0.1) is 0 Å². The van der Waals surface area contributed by atoms with Crippen LogP contribution in [0.5, 0.6) is 0 Å². The summed E-state index contributed by atoms with van der Waals surface area (Å²) in [4.78, 5) is 27.6. The maximum Gasteiger partial charge on any atom is 0.244 e. The number of halogens is 1. The Morgan fingerprint density at radius 1 is 1.06 bits per heavy atom. The van der Waals surface area contributed by atoms with Gasteiger partial charge in [0, 0.05) is 17.1 Å². The molecular weight excluding hydrogens is 494 g/mol. The lowest BCUT2D eigenvalue weighted by Crippen LogP contribution is -2.52. The highest BCUT2D eigenvalue weighted by Gasteiger charge is 2.30. The summed E-state index contributed by atoms with van der Waals surface area (Å²) in [7, 11) is -3.72. The van der Waals surface area contributed by atoms with Gasteiger partial charge in [0.05, 0.1) is 11.9 Å². The lowest BCUT2D eigenvalue weighted by molar-refractivity contribution is -0.139. The molecule has 0 aliphatic heterocycles. The van der Waals surface area contributed by atoms with E-state index in [1.54, 1.807) is 37.3 Å². The van der Waals surface area contributed by atoms with Crippen LogP contribution in [-0.2, 0) is 26.2 Å². The van der Waals surface area contributed by atoms with Crippen molar-refractivity contribution in [2.45, 2.75) is 45.8 Å². The Morgan fingerprint density at radius 2 is 1.72 bits per heavy atom. The van der Waals surface area contributed by atoms with Gasteiger partial charge in [-0.25, -0.2) is 8.42 Å². The molecule has 0 saturated heterocycles. The molecule has 2 rings (SSSR count). The van der Waals surface area contributed by atoms with Crippen molar-refractivity contribution in [2.24, 2.45) is 0 Å². The molecule has 2 atom stereocenters. The maximum absolute atomic E-state index is 13.4. The topological polar surface area (TPSA) is 86.8 Å². The van der Waals surface area contributed by atoms with E-state index < -0.39 is 28.5 Å². The van der Waals surface area contributed by atoms with Crippen LogP contribution < -0.4 is 9.62 Å². The molecule has 0 aliphatic rings. The fourth-order valence-corrected chi connectivity index (χ4v) is 4.38. The summed E-state index contributed by atoms with van der Waals surface area (Å²) in [6, 6.07) is 15.1. The summed E-state index contributed by atoms with van der Waals surface area (Å²) in [6.07, 6.45) is 1.82. The zero-order valence-corrected chi connectivity index (χ0v) is 21.2. The number of sulfonamides is 1. The Labute approximate surface area is 199 Å². The first-order valence-corrected chi connectivity index (χ1v) is 13.0. The molecule has 32 heavy (non-hydrogen) atoms. The average Bonchev–Trinajstić information content (AvgIpc) is 2.74. The van der Waals surface area contributed by atoms with Crippen LogP contribution in [0.4, 0.5) is 5.69 Å². The van der Waals surface area contributed by atoms with Gasteiger partial charge in [-0.1, -0.05) is 53.2 Å². The zero-order valence-electron chi connectivity index (χ0n) is 18.8. The third kappa shape index (κ3) is 7.34. The normalized spacial score (nSPS) is 13.2. The monoisotopic (exact) mass is 523 g/mol.